The Morgan fingerprint density at radius 2 is 1.08 bits per heavy atom. The average Bonchev–Trinajstić information content (AvgIpc) is 0.898. The number of nitrogens with zero attached hydrogens (tertiary/aromatic N) is 2. The molecular weight excluding hydrogens is 1340 g/mol. The molecule has 1 aliphatic heterocycles. The molecule has 1 saturated heterocycles. The Bertz CT molecular complexity index is 3100. The molecule has 100 heavy (non-hydrogen) atoms. The van der Waals surface area contributed by atoms with Crippen LogP contribution in [0.5, 0.6) is 0 Å². The highest BCUT2D eigenvalue weighted by Gasteiger charge is 2.37. The molecule has 29 N–H and O–H groups in total. The number of carbonyl (C=O) groups is 13. The van der Waals surface area contributed by atoms with Crippen LogP contribution in [0.1, 0.15) is 96.1 Å². The second-order valence-corrected chi connectivity index (χ2v) is 26.1. The molecule has 2 aromatic carbocycles. The Morgan fingerprint density at radius 1 is 0.550 bits per heavy atom. The number of benzene rings is 2. The van der Waals surface area contributed by atoms with Crippen molar-refractivity contribution in [1.82, 2.24) is 63.8 Å². The molecule has 0 aromatic heterocycles. The highest BCUT2D eigenvalue weighted by Crippen LogP contribution is 2.24. The van der Waals surface area contributed by atoms with Crippen LogP contribution in [0.4, 0.5) is 0 Å². The van der Waals surface area contributed by atoms with Gasteiger partial charge in [0.2, 0.25) is 76.8 Å². The summed E-state index contributed by atoms with van der Waals surface area (Å²) in [5.74, 6) is -12.7. The molecule has 0 saturated carbocycles. The zero-order valence-corrected chi connectivity index (χ0v) is 58.1. The number of hydrogen-bond acceptors (Lipinski definition) is 21. The van der Waals surface area contributed by atoms with E-state index in [0.29, 0.717) is 37.8 Å². The van der Waals surface area contributed by atoms with Crippen molar-refractivity contribution in [2.24, 2.45) is 55.9 Å². The van der Waals surface area contributed by atoms with Crippen LogP contribution in [0.15, 0.2) is 70.6 Å². The van der Waals surface area contributed by atoms with Crippen LogP contribution < -0.4 is 110 Å². The first kappa shape index (κ1) is 84.9. The predicted molar refractivity (Wildman–Crippen MR) is 376 cm³/mol. The van der Waals surface area contributed by atoms with E-state index in [-0.39, 0.29) is 94.4 Å². The number of primary amides is 1. The average molecular weight is 1440 g/mol. The van der Waals surface area contributed by atoms with Crippen LogP contribution in [0.3, 0.4) is 0 Å². The Labute approximate surface area is 587 Å². The van der Waals surface area contributed by atoms with Gasteiger partial charge in [0.05, 0.1) is 25.2 Å². The Hall–Kier alpha value is -9.37. The lowest BCUT2D eigenvalue weighted by atomic mass is 10.0. The van der Waals surface area contributed by atoms with E-state index in [1.54, 1.807) is 60.7 Å². The number of aliphatic hydroxyl groups excluding tert-OH is 1. The minimum atomic E-state index is -1.85. The molecule has 0 spiro atoms. The van der Waals surface area contributed by atoms with Crippen molar-refractivity contribution in [2.45, 2.75) is 170 Å². The molecule has 3 rings (SSSR count). The number of nitrogens with two attached hydrogens (primary N) is 8. The predicted octanol–water partition coefficient (Wildman–Crippen LogP) is -7.45. The molecule has 38 heteroatoms. The number of aliphatic hydroxyl groups is 1. The van der Waals surface area contributed by atoms with Gasteiger partial charge in [-0.05, 0) is 116 Å². The lowest BCUT2D eigenvalue weighted by molar-refractivity contribution is -0.136. The number of rotatable bonds is 38. The molecule has 0 aliphatic carbocycles. The fraction of sp³-hybridized carbons (Fsp3) is 0.565. The third-order valence-corrected chi connectivity index (χ3v) is 17.6. The summed E-state index contributed by atoms with van der Waals surface area (Å²) in [5.41, 5.74) is 46.4. The third kappa shape index (κ3) is 33.0. The van der Waals surface area contributed by atoms with Crippen molar-refractivity contribution < 1.29 is 67.4 Å². The van der Waals surface area contributed by atoms with Gasteiger partial charge in [-0.1, -0.05) is 82.3 Å². The van der Waals surface area contributed by atoms with Crippen LogP contribution in [-0.2, 0) is 75.2 Å². The third-order valence-electron chi connectivity index (χ3n) is 15.2. The minimum absolute atomic E-state index is 0.00334. The van der Waals surface area contributed by atoms with Crippen molar-refractivity contribution in [3.8, 4) is 0 Å². The van der Waals surface area contributed by atoms with Crippen LogP contribution >= 0.6 is 21.6 Å². The molecule has 554 valence electrons. The molecule has 2 aromatic rings. The Balaban J connectivity index is 1.98. The maximum atomic E-state index is 14.5. The summed E-state index contributed by atoms with van der Waals surface area (Å²) < 4.78 is 0. The monoisotopic (exact) mass is 1440 g/mol. The van der Waals surface area contributed by atoms with Gasteiger partial charge in [0.25, 0.3) is 0 Å². The quantitative estimate of drug-likeness (QED) is 0.0129. The van der Waals surface area contributed by atoms with E-state index in [0.717, 1.165) is 34.1 Å². The largest absolute Gasteiger partial charge is 0.391 e. The molecule has 36 nitrogen and oxygen atoms in total. The van der Waals surface area contributed by atoms with Crippen LogP contribution in [0, 0.1) is 0 Å². The van der Waals surface area contributed by atoms with Gasteiger partial charge < -0.3 is 115 Å². The van der Waals surface area contributed by atoms with Crippen molar-refractivity contribution in [3.05, 3.63) is 71.8 Å². The van der Waals surface area contributed by atoms with E-state index in [2.05, 4.69) is 73.8 Å². The summed E-state index contributed by atoms with van der Waals surface area (Å²) in [5, 5.41) is 41.4. The fourth-order valence-corrected chi connectivity index (χ4v) is 11.9. The minimum Gasteiger partial charge on any atom is -0.391 e. The van der Waals surface area contributed by atoms with E-state index >= 15 is 0 Å². The smallest absolute Gasteiger partial charge is 0.245 e. The number of unbranched alkanes of at least 4 members (excludes halogenated alkanes) is 2. The molecule has 0 radical (unpaired) electrons. The SMILES string of the molecule is CC(O)[C@H](NC(=O)[C@H](Cc1ccccc1)NC(=O)CNC(=O)CNC(=O)[C@@H](N)Cc1ccccc1)C(=O)NC1CSSCC(C(=O)N[C@@H](C)C(=O)N[C@@H](CCCN=C(N)N)C(=O)N[C@@H](CCCCN)C(N)=O)NC(=O)C(CCCCN)NC(=O)[C@H](CCCN=C(N)N)NC(=O)[C@H](C)NC1=O. The number of nitrogens with one attached hydrogen (secondary N) is 12. The maximum Gasteiger partial charge on any atom is 0.245 e. The zero-order chi connectivity index (χ0) is 74.3. The Morgan fingerprint density at radius 3 is 1.68 bits per heavy atom. The van der Waals surface area contributed by atoms with Crippen molar-refractivity contribution >= 4 is 110 Å². The maximum absolute atomic E-state index is 14.5. The molecular formula is C62H100N22O14S2. The van der Waals surface area contributed by atoms with Gasteiger partial charge in [-0.25, -0.2) is 0 Å². The summed E-state index contributed by atoms with van der Waals surface area (Å²) >= 11 is 0. The number of aliphatic imine (C=N–C) groups is 2. The Kier molecular flexibility index (Phi) is 39.1. The van der Waals surface area contributed by atoms with Gasteiger partial charge in [0.1, 0.15) is 60.4 Å². The highest BCUT2D eigenvalue weighted by atomic mass is 33.1. The van der Waals surface area contributed by atoms with Gasteiger partial charge in [-0.2, -0.15) is 0 Å². The molecule has 4 unspecified atom stereocenters. The lowest BCUT2D eigenvalue weighted by Gasteiger charge is -2.27. The van der Waals surface area contributed by atoms with Crippen molar-refractivity contribution in [2.75, 3.05) is 50.8 Å². The van der Waals surface area contributed by atoms with Gasteiger partial charge in [-0.3, -0.25) is 72.3 Å². The summed E-state index contributed by atoms with van der Waals surface area (Å²) in [6.07, 6.45) is 0.219. The molecule has 1 aliphatic rings. The molecule has 0 bridgehead atoms. The number of guanidine groups is 2. The van der Waals surface area contributed by atoms with Crippen molar-refractivity contribution in [3.63, 3.8) is 0 Å². The summed E-state index contributed by atoms with van der Waals surface area (Å²) in [4.78, 5) is 187. The van der Waals surface area contributed by atoms with Gasteiger partial charge in [-0.15, -0.1) is 0 Å². The van der Waals surface area contributed by atoms with E-state index in [1.165, 1.54) is 13.8 Å². The first-order chi connectivity index (χ1) is 47.5. The van der Waals surface area contributed by atoms with Crippen molar-refractivity contribution in [1.29, 1.82) is 0 Å². The number of hydrogen-bond donors (Lipinski definition) is 21. The first-order valence-electron chi connectivity index (χ1n) is 32.7. The van der Waals surface area contributed by atoms with Crippen LogP contribution in [-0.4, -0.2) is 217 Å². The van der Waals surface area contributed by atoms with E-state index in [1.807, 2.05) is 0 Å². The molecule has 1 fully saturated rings. The standard InChI is InChI=1S/C62H100N22O14S2/c1-34(51(89)79-42(22-14-26-71-61(67)68)54(92)78-40(50(66)88)20-10-12-24-63)75-58(96)45-32-99-100-33-46(59(97)76-35(2)52(90)80-43(23-15-27-72-62(69)70)55(93)81-41(56(94)82-45)21-11-13-25-64)83-60(98)49(36(3)85)84-57(95)44(29-38-18-8-5-9-19-38)77-48(87)31-73-47(86)30-74-53(91)39(65)28-37-16-6-4-7-17-37/h4-9,16-19,34-36,39-46,49,85H,10-15,20-33,63-65H2,1-3H3,(H2,66,88)(H,73,86)(H,74,91)(H,75,96)(H,76,97)(H,77,87)(H,78,92)(H,79,89)(H,80,90)(H,81,93)(H,82,94)(H,83,98)(H,84,95)(H4,67,68,71)(H4,69,70,72)/t34-,35-,36?,39-,40-,41?,42-,43-,44-,45?,46?,49-/m0/s1. The number of amides is 13. The van der Waals surface area contributed by atoms with Gasteiger partial charge in [0.15, 0.2) is 11.9 Å². The topological polar surface area (TPSA) is 619 Å². The van der Waals surface area contributed by atoms with E-state index < -0.39 is 162 Å². The summed E-state index contributed by atoms with van der Waals surface area (Å²) in [7, 11) is 1.77. The summed E-state index contributed by atoms with van der Waals surface area (Å²) in [6.45, 7) is 3.10. The first-order valence-corrected chi connectivity index (χ1v) is 35.2. The molecule has 13 amide bonds. The van der Waals surface area contributed by atoms with E-state index in [4.69, 9.17) is 45.9 Å². The molecule has 12 atom stereocenters. The molecule has 1 heterocycles. The van der Waals surface area contributed by atoms with E-state index in [9.17, 15) is 67.4 Å². The van der Waals surface area contributed by atoms with Crippen LogP contribution in [0.2, 0.25) is 0 Å². The summed E-state index contributed by atoms with van der Waals surface area (Å²) in [6, 6.07) is 1.74. The van der Waals surface area contributed by atoms with Gasteiger partial charge in [0, 0.05) is 31.0 Å². The second kappa shape index (κ2) is 46.1. The second-order valence-electron chi connectivity index (χ2n) is 23.6. The zero-order valence-electron chi connectivity index (χ0n) is 56.4. The number of carbonyl (C=O) groups excluding carboxylic acids is 13. The lowest BCUT2D eigenvalue weighted by Crippen LogP contribution is -2.61. The fourth-order valence-electron chi connectivity index (χ4n) is 9.58. The normalized spacial score (nSPS) is 18.9. The van der Waals surface area contributed by atoms with Gasteiger partial charge >= 0.3 is 0 Å². The highest BCUT2D eigenvalue weighted by molar-refractivity contribution is 8.76. The van der Waals surface area contributed by atoms with Crippen LogP contribution in [0.25, 0.3) is 0 Å².